The first kappa shape index (κ1) is 28.0. The van der Waals surface area contributed by atoms with Crippen LogP contribution >= 0.6 is 11.3 Å². The summed E-state index contributed by atoms with van der Waals surface area (Å²) in [6, 6.07) is 17.8. The highest BCUT2D eigenvalue weighted by molar-refractivity contribution is 7.17. The van der Waals surface area contributed by atoms with Crippen molar-refractivity contribution >= 4 is 44.1 Å². The summed E-state index contributed by atoms with van der Waals surface area (Å²) in [6.45, 7) is 8.38. The Morgan fingerprint density at radius 1 is 1.00 bits per heavy atom. The molecular weight excluding hydrogens is 524 g/mol. The average Bonchev–Trinajstić information content (AvgIpc) is 3.46. The van der Waals surface area contributed by atoms with Crippen LogP contribution in [0.25, 0.3) is 21.0 Å². The number of rotatable bonds is 12. The second kappa shape index (κ2) is 13.7. The molecule has 8 nitrogen and oxygen atoms in total. The van der Waals surface area contributed by atoms with Gasteiger partial charge in [-0.05, 0) is 73.0 Å². The number of pyridine rings is 1. The molecule has 0 spiro atoms. The summed E-state index contributed by atoms with van der Waals surface area (Å²) < 4.78 is 14.1. The third kappa shape index (κ3) is 6.95. The van der Waals surface area contributed by atoms with Crippen molar-refractivity contribution in [2.45, 2.75) is 39.3 Å². The second-order valence-electron chi connectivity index (χ2n) is 10.2. The normalized spacial score (nSPS) is 14.1. The van der Waals surface area contributed by atoms with Crippen molar-refractivity contribution in [2.24, 2.45) is 0 Å². The minimum atomic E-state index is -0.522. The number of hydrogen-bond donors (Lipinski definition) is 1. The lowest BCUT2D eigenvalue weighted by Crippen LogP contribution is -2.46. The third-order valence-corrected chi connectivity index (χ3v) is 8.29. The fourth-order valence-corrected chi connectivity index (χ4v) is 5.93. The van der Waals surface area contributed by atoms with Crippen LogP contribution in [0.3, 0.4) is 0 Å². The number of carbonyl (C=O) groups is 1. The lowest BCUT2D eigenvalue weighted by molar-refractivity contribution is 0.114. The van der Waals surface area contributed by atoms with E-state index in [9.17, 15) is 9.59 Å². The van der Waals surface area contributed by atoms with E-state index >= 15 is 0 Å². The molecule has 1 saturated heterocycles. The van der Waals surface area contributed by atoms with Crippen LogP contribution in [0.15, 0.2) is 64.8 Å². The quantitative estimate of drug-likeness (QED) is 0.224. The average molecular weight is 563 g/mol. The SMILES string of the molecule is CCCCNC(=O)OCn1c(=O)ccc2ccc(OCCCCN3CCN(c4cccc5sccc45)CC3)cc21. The van der Waals surface area contributed by atoms with Crippen molar-refractivity contribution in [1.82, 2.24) is 14.8 Å². The Morgan fingerprint density at radius 3 is 2.70 bits per heavy atom. The van der Waals surface area contributed by atoms with Crippen LogP contribution in [-0.4, -0.2) is 61.4 Å². The number of piperazine rings is 1. The van der Waals surface area contributed by atoms with Crippen LogP contribution in [0, 0.1) is 0 Å². The zero-order chi connectivity index (χ0) is 27.7. The topological polar surface area (TPSA) is 76.0 Å². The Balaban J connectivity index is 1.07. The Kier molecular flexibility index (Phi) is 9.57. The summed E-state index contributed by atoms with van der Waals surface area (Å²) >= 11 is 1.80. The van der Waals surface area contributed by atoms with Crippen LogP contribution in [-0.2, 0) is 11.5 Å². The standard InChI is InChI=1S/C31H38N4O4S/c1-2-3-14-32-31(37)39-23-35-28-22-25(11-9-24(28)10-12-30(35)36)38-20-5-4-15-33-16-18-34(19-17-33)27-7-6-8-29-26(27)13-21-40-29/h6-13,21-22H,2-5,14-20,23H2,1H3,(H,32,37). The van der Waals surface area contributed by atoms with Crippen LogP contribution in [0.2, 0.25) is 0 Å². The molecule has 2 aromatic carbocycles. The van der Waals surface area contributed by atoms with Gasteiger partial charge in [0.05, 0.1) is 12.1 Å². The number of benzene rings is 2. The first-order valence-electron chi connectivity index (χ1n) is 14.2. The molecule has 2 aromatic heterocycles. The predicted molar refractivity (Wildman–Crippen MR) is 163 cm³/mol. The molecule has 9 heteroatoms. The number of anilines is 1. The highest BCUT2D eigenvalue weighted by Crippen LogP contribution is 2.31. The lowest BCUT2D eigenvalue weighted by Gasteiger charge is -2.36. The Bertz CT molecular complexity index is 1480. The molecule has 40 heavy (non-hydrogen) atoms. The number of nitrogens with zero attached hydrogens (tertiary/aromatic N) is 3. The fourth-order valence-electron chi connectivity index (χ4n) is 5.13. The van der Waals surface area contributed by atoms with Crippen molar-refractivity contribution in [3.63, 3.8) is 0 Å². The van der Waals surface area contributed by atoms with Crippen LogP contribution < -0.4 is 20.5 Å². The van der Waals surface area contributed by atoms with Gasteiger partial charge in [0.2, 0.25) is 0 Å². The van der Waals surface area contributed by atoms with Crippen LogP contribution in [0.1, 0.15) is 32.6 Å². The molecule has 0 radical (unpaired) electrons. The monoisotopic (exact) mass is 562 g/mol. The van der Waals surface area contributed by atoms with E-state index in [2.05, 4.69) is 51.7 Å². The van der Waals surface area contributed by atoms with Gasteiger partial charge in [-0.3, -0.25) is 14.3 Å². The predicted octanol–water partition coefficient (Wildman–Crippen LogP) is 5.68. The number of amides is 1. The third-order valence-electron chi connectivity index (χ3n) is 7.41. The van der Waals surface area contributed by atoms with Crippen molar-refractivity contribution in [3.8, 4) is 5.75 Å². The minimum Gasteiger partial charge on any atom is -0.494 e. The summed E-state index contributed by atoms with van der Waals surface area (Å²) in [5.74, 6) is 0.704. The maximum atomic E-state index is 12.5. The van der Waals surface area contributed by atoms with Crippen molar-refractivity contribution < 1.29 is 14.3 Å². The molecule has 1 fully saturated rings. The molecule has 4 aromatic rings. The largest absolute Gasteiger partial charge is 0.494 e. The summed E-state index contributed by atoms with van der Waals surface area (Å²) in [7, 11) is 0. The summed E-state index contributed by atoms with van der Waals surface area (Å²) in [5, 5.41) is 7.13. The molecule has 0 unspecified atom stereocenters. The van der Waals surface area contributed by atoms with Gasteiger partial charge in [-0.1, -0.05) is 19.4 Å². The van der Waals surface area contributed by atoms with Crippen molar-refractivity contribution in [2.75, 3.05) is 50.8 Å². The second-order valence-corrected chi connectivity index (χ2v) is 11.1. The number of alkyl carbamates (subject to hydrolysis) is 1. The molecule has 0 aliphatic carbocycles. The molecule has 212 valence electrons. The number of hydrogen-bond acceptors (Lipinski definition) is 7. The van der Waals surface area contributed by atoms with Gasteiger partial charge < -0.3 is 19.7 Å². The van der Waals surface area contributed by atoms with E-state index in [4.69, 9.17) is 9.47 Å². The lowest BCUT2D eigenvalue weighted by atomic mass is 10.2. The van der Waals surface area contributed by atoms with Gasteiger partial charge in [-0.25, -0.2) is 4.79 Å². The molecule has 1 N–H and O–H groups in total. The Morgan fingerprint density at radius 2 is 1.85 bits per heavy atom. The highest BCUT2D eigenvalue weighted by Gasteiger charge is 2.18. The van der Waals surface area contributed by atoms with Crippen LogP contribution in [0.4, 0.5) is 10.5 Å². The van der Waals surface area contributed by atoms with Gasteiger partial charge in [0.1, 0.15) is 5.75 Å². The van der Waals surface area contributed by atoms with Crippen LogP contribution in [0.5, 0.6) is 5.75 Å². The van der Waals surface area contributed by atoms with Gasteiger partial charge in [-0.15, -0.1) is 11.3 Å². The highest BCUT2D eigenvalue weighted by atomic mass is 32.1. The van der Waals surface area contributed by atoms with E-state index in [1.165, 1.54) is 26.4 Å². The number of unbranched alkanes of at least 4 members (excludes halogenated alkanes) is 2. The number of nitrogens with one attached hydrogen (secondary N) is 1. The van der Waals surface area contributed by atoms with E-state index in [1.807, 2.05) is 18.2 Å². The van der Waals surface area contributed by atoms with Gasteiger partial charge in [-0.2, -0.15) is 0 Å². The summed E-state index contributed by atoms with van der Waals surface area (Å²) in [4.78, 5) is 29.5. The number of aromatic nitrogens is 1. The molecule has 0 bridgehead atoms. The maximum Gasteiger partial charge on any atom is 0.408 e. The minimum absolute atomic E-state index is 0.146. The Labute approximate surface area is 239 Å². The molecule has 1 aliphatic heterocycles. The maximum absolute atomic E-state index is 12.5. The zero-order valence-electron chi connectivity index (χ0n) is 23.1. The number of thiophene rings is 1. The smallest absolute Gasteiger partial charge is 0.408 e. The number of fused-ring (bicyclic) bond motifs is 2. The zero-order valence-corrected chi connectivity index (χ0v) is 24.0. The molecular formula is C31H38N4O4S. The Hall–Kier alpha value is -3.56. The van der Waals surface area contributed by atoms with E-state index in [-0.39, 0.29) is 12.3 Å². The summed E-state index contributed by atoms with van der Waals surface area (Å²) in [6.07, 6.45) is 3.37. The van der Waals surface area contributed by atoms with E-state index in [1.54, 1.807) is 17.4 Å². The van der Waals surface area contributed by atoms with Crippen molar-refractivity contribution in [1.29, 1.82) is 0 Å². The fraction of sp³-hybridized carbons (Fsp3) is 0.419. The van der Waals surface area contributed by atoms with E-state index < -0.39 is 6.09 Å². The first-order chi connectivity index (χ1) is 19.6. The molecule has 0 saturated carbocycles. The first-order valence-corrected chi connectivity index (χ1v) is 15.1. The molecule has 3 heterocycles. The number of carbonyl (C=O) groups excluding carboxylic acids is 1. The van der Waals surface area contributed by atoms with E-state index in [0.717, 1.165) is 63.8 Å². The van der Waals surface area contributed by atoms with Gasteiger partial charge in [0.15, 0.2) is 6.73 Å². The molecule has 1 amide bonds. The van der Waals surface area contributed by atoms with Gasteiger partial charge >= 0.3 is 6.09 Å². The van der Waals surface area contributed by atoms with Gasteiger partial charge in [0.25, 0.3) is 5.56 Å². The van der Waals surface area contributed by atoms with Crippen molar-refractivity contribution in [3.05, 3.63) is 70.3 Å². The van der Waals surface area contributed by atoms with E-state index in [0.29, 0.717) is 24.4 Å². The molecule has 0 atom stereocenters. The van der Waals surface area contributed by atoms with Gasteiger partial charge in [0, 0.05) is 60.6 Å². The molecule has 1 aliphatic rings. The summed E-state index contributed by atoms with van der Waals surface area (Å²) in [5.41, 5.74) is 1.81. The number of ether oxygens (including phenoxy) is 2. The molecule has 5 rings (SSSR count).